The first kappa shape index (κ1) is 12.3. The molecule has 6 nitrogen and oxygen atoms in total. The van der Waals surface area contributed by atoms with E-state index in [0.717, 1.165) is 25.9 Å². The predicted molar refractivity (Wildman–Crippen MR) is 61.2 cm³/mol. The highest BCUT2D eigenvalue weighted by Gasteiger charge is 2.38. The summed E-state index contributed by atoms with van der Waals surface area (Å²) >= 11 is 0. The Bertz CT molecular complexity index is 307. The van der Waals surface area contributed by atoms with Crippen LogP contribution < -0.4 is 11.1 Å². The summed E-state index contributed by atoms with van der Waals surface area (Å²) in [6.45, 7) is 2.37. The van der Waals surface area contributed by atoms with Crippen LogP contribution in [-0.4, -0.2) is 55.1 Å². The number of likely N-dealkylation sites (tertiary alicyclic amines) is 1. The summed E-state index contributed by atoms with van der Waals surface area (Å²) in [5.41, 5.74) is 4.93. The van der Waals surface area contributed by atoms with E-state index in [1.54, 1.807) is 4.90 Å². The number of hydrogen-bond donors (Lipinski definition) is 2. The van der Waals surface area contributed by atoms with Gasteiger partial charge >= 0.3 is 0 Å². The van der Waals surface area contributed by atoms with Crippen molar-refractivity contribution >= 4 is 11.8 Å². The molecule has 2 saturated heterocycles. The van der Waals surface area contributed by atoms with Gasteiger partial charge in [0.1, 0.15) is 5.54 Å². The van der Waals surface area contributed by atoms with Crippen LogP contribution in [0.1, 0.15) is 19.3 Å². The predicted octanol–water partition coefficient (Wildman–Crippen LogP) is -1.16. The van der Waals surface area contributed by atoms with E-state index in [1.165, 1.54) is 0 Å². The Morgan fingerprint density at radius 3 is 2.65 bits per heavy atom. The van der Waals surface area contributed by atoms with Crippen LogP contribution in [0.5, 0.6) is 0 Å². The lowest BCUT2D eigenvalue weighted by atomic mass is 9.99. The Hall–Kier alpha value is -1.14. The Kier molecular flexibility index (Phi) is 3.63. The lowest BCUT2D eigenvalue weighted by Gasteiger charge is -2.21. The summed E-state index contributed by atoms with van der Waals surface area (Å²) in [6.07, 6.45) is 2.61. The minimum absolute atomic E-state index is 0.0293. The molecule has 0 aromatic carbocycles. The summed E-state index contributed by atoms with van der Waals surface area (Å²) < 4.78 is 5.11. The van der Waals surface area contributed by atoms with Crippen molar-refractivity contribution in [3.63, 3.8) is 0 Å². The third-order valence-electron chi connectivity index (χ3n) is 3.36. The molecule has 0 aromatic rings. The van der Waals surface area contributed by atoms with E-state index in [9.17, 15) is 9.59 Å². The molecule has 0 spiro atoms. The molecule has 0 radical (unpaired) electrons. The minimum Gasteiger partial charge on any atom is -0.379 e. The summed E-state index contributed by atoms with van der Waals surface area (Å²) in [5.74, 6) is -0.319. The van der Waals surface area contributed by atoms with Crippen molar-refractivity contribution in [2.24, 2.45) is 5.73 Å². The number of carbonyl (C=O) groups excluding carboxylic acids is 2. The molecule has 0 aromatic heterocycles. The minimum atomic E-state index is -0.953. The van der Waals surface area contributed by atoms with Gasteiger partial charge in [0.2, 0.25) is 11.8 Å². The Morgan fingerprint density at radius 1 is 1.35 bits per heavy atom. The molecule has 0 saturated carbocycles. The molecule has 0 aliphatic carbocycles. The number of nitrogens with two attached hydrogens (primary N) is 1. The average Bonchev–Trinajstić information content (AvgIpc) is 2.96. The first-order valence-corrected chi connectivity index (χ1v) is 6.04. The normalized spacial score (nSPS) is 28.4. The van der Waals surface area contributed by atoms with E-state index in [0.29, 0.717) is 13.0 Å². The quantitative estimate of drug-likeness (QED) is 0.653. The molecule has 0 bridgehead atoms. The molecule has 2 rings (SSSR count). The summed E-state index contributed by atoms with van der Waals surface area (Å²) in [7, 11) is 0. The van der Waals surface area contributed by atoms with E-state index in [2.05, 4.69) is 5.32 Å². The number of ether oxygens (including phenoxy) is 1. The first-order chi connectivity index (χ1) is 8.12. The summed E-state index contributed by atoms with van der Waals surface area (Å²) in [4.78, 5) is 25.3. The average molecular weight is 241 g/mol. The van der Waals surface area contributed by atoms with Crippen molar-refractivity contribution in [3.8, 4) is 0 Å². The van der Waals surface area contributed by atoms with Gasteiger partial charge in [-0.05, 0) is 19.3 Å². The third kappa shape index (κ3) is 2.76. The van der Waals surface area contributed by atoms with E-state index in [4.69, 9.17) is 10.5 Å². The zero-order valence-corrected chi connectivity index (χ0v) is 9.91. The number of hydrogen-bond acceptors (Lipinski definition) is 4. The third-order valence-corrected chi connectivity index (χ3v) is 3.36. The Balaban J connectivity index is 1.77. The van der Waals surface area contributed by atoms with Crippen molar-refractivity contribution in [3.05, 3.63) is 0 Å². The Morgan fingerprint density at radius 2 is 2.06 bits per heavy atom. The molecule has 3 N–H and O–H groups in total. The maximum absolute atomic E-state index is 11.8. The van der Waals surface area contributed by atoms with Crippen LogP contribution in [-0.2, 0) is 14.3 Å². The van der Waals surface area contributed by atoms with Crippen LogP contribution in [0.4, 0.5) is 0 Å². The smallest absolute Gasteiger partial charge is 0.243 e. The molecule has 2 amide bonds. The van der Waals surface area contributed by atoms with Crippen molar-refractivity contribution < 1.29 is 14.3 Å². The van der Waals surface area contributed by atoms with Crippen LogP contribution in [0.3, 0.4) is 0 Å². The van der Waals surface area contributed by atoms with Crippen molar-refractivity contribution in [1.82, 2.24) is 10.2 Å². The highest BCUT2D eigenvalue weighted by Crippen LogP contribution is 2.15. The number of nitrogens with one attached hydrogen (secondary N) is 1. The van der Waals surface area contributed by atoms with Crippen LogP contribution in [0.15, 0.2) is 0 Å². The fraction of sp³-hybridized carbons (Fsp3) is 0.818. The van der Waals surface area contributed by atoms with Crippen LogP contribution in [0, 0.1) is 0 Å². The number of carbonyl (C=O) groups is 2. The highest BCUT2D eigenvalue weighted by atomic mass is 16.5. The standard InChI is InChI=1S/C11H19N3O3/c12-11(3-6-17-8-11)10(16)13-7-9(15)14-4-1-2-5-14/h1-8,12H2,(H,13,16). The molecule has 17 heavy (non-hydrogen) atoms. The lowest BCUT2D eigenvalue weighted by molar-refractivity contribution is -0.133. The van der Waals surface area contributed by atoms with Gasteiger partial charge in [0, 0.05) is 19.7 Å². The lowest BCUT2D eigenvalue weighted by Crippen LogP contribution is -2.56. The van der Waals surface area contributed by atoms with Crippen LogP contribution >= 0.6 is 0 Å². The van der Waals surface area contributed by atoms with Crippen LogP contribution in [0.2, 0.25) is 0 Å². The molecular weight excluding hydrogens is 222 g/mol. The maximum atomic E-state index is 11.8. The van der Waals surface area contributed by atoms with E-state index < -0.39 is 5.54 Å². The van der Waals surface area contributed by atoms with E-state index in [1.807, 2.05) is 0 Å². The first-order valence-electron chi connectivity index (χ1n) is 6.04. The maximum Gasteiger partial charge on any atom is 0.243 e. The van der Waals surface area contributed by atoms with Gasteiger partial charge in [0.05, 0.1) is 13.2 Å². The van der Waals surface area contributed by atoms with E-state index >= 15 is 0 Å². The van der Waals surface area contributed by atoms with Gasteiger partial charge in [-0.3, -0.25) is 9.59 Å². The van der Waals surface area contributed by atoms with Crippen molar-refractivity contribution in [2.75, 3.05) is 32.8 Å². The van der Waals surface area contributed by atoms with Gasteiger partial charge in [-0.2, -0.15) is 0 Å². The monoisotopic (exact) mass is 241 g/mol. The second kappa shape index (κ2) is 5.01. The molecule has 96 valence electrons. The van der Waals surface area contributed by atoms with Gasteiger partial charge in [-0.25, -0.2) is 0 Å². The molecule has 6 heteroatoms. The van der Waals surface area contributed by atoms with Gasteiger partial charge in [-0.1, -0.05) is 0 Å². The summed E-state index contributed by atoms with van der Waals surface area (Å²) in [5, 5.41) is 2.61. The van der Waals surface area contributed by atoms with Crippen molar-refractivity contribution in [2.45, 2.75) is 24.8 Å². The SMILES string of the molecule is NC1(C(=O)NCC(=O)N2CCCC2)CCOC1. The number of rotatable bonds is 3. The molecule has 2 aliphatic rings. The number of amides is 2. The van der Waals surface area contributed by atoms with Crippen molar-refractivity contribution in [1.29, 1.82) is 0 Å². The second-order valence-corrected chi connectivity index (χ2v) is 4.73. The van der Waals surface area contributed by atoms with Gasteiger partial charge in [0.15, 0.2) is 0 Å². The second-order valence-electron chi connectivity index (χ2n) is 4.73. The van der Waals surface area contributed by atoms with Gasteiger partial charge in [-0.15, -0.1) is 0 Å². The zero-order valence-electron chi connectivity index (χ0n) is 9.91. The molecule has 2 fully saturated rings. The topological polar surface area (TPSA) is 84.7 Å². The largest absolute Gasteiger partial charge is 0.379 e. The fourth-order valence-electron chi connectivity index (χ4n) is 2.17. The van der Waals surface area contributed by atoms with E-state index in [-0.39, 0.29) is 25.0 Å². The zero-order chi connectivity index (χ0) is 12.3. The molecule has 2 heterocycles. The van der Waals surface area contributed by atoms with Gasteiger partial charge < -0.3 is 20.7 Å². The van der Waals surface area contributed by atoms with Crippen LogP contribution in [0.25, 0.3) is 0 Å². The Labute approximate surface area is 100 Å². The fourth-order valence-corrected chi connectivity index (χ4v) is 2.17. The highest BCUT2D eigenvalue weighted by molar-refractivity contribution is 5.90. The number of nitrogens with zero attached hydrogens (tertiary/aromatic N) is 1. The van der Waals surface area contributed by atoms with Gasteiger partial charge in [0.25, 0.3) is 0 Å². The molecule has 1 unspecified atom stereocenters. The molecular formula is C11H19N3O3. The molecule has 1 atom stereocenters. The molecule has 2 aliphatic heterocycles. The summed E-state index contributed by atoms with van der Waals surface area (Å²) in [6, 6.07) is 0.